The number of fused-ring (bicyclic) bond motifs is 1. The monoisotopic (exact) mass is 418 g/mol. The number of aryl methyl sites for hydroxylation is 2. The van der Waals surface area contributed by atoms with Gasteiger partial charge >= 0.3 is 0 Å². The second-order valence-electron chi connectivity index (χ2n) is 7.40. The molecule has 6 nitrogen and oxygen atoms in total. The smallest absolute Gasteiger partial charge is 0.243 e. The number of benzene rings is 1. The van der Waals surface area contributed by atoms with E-state index in [9.17, 15) is 8.42 Å². The molecule has 0 amide bonds. The molecule has 3 aromatic rings. The molecule has 0 bridgehead atoms. The topological polar surface area (TPSA) is 68.1 Å². The zero-order valence-electron chi connectivity index (χ0n) is 16.0. The first kappa shape index (κ1) is 19.4. The van der Waals surface area contributed by atoms with E-state index in [2.05, 4.69) is 14.5 Å². The normalized spacial score (nSPS) is 18.6. The number of rotatable bonds is 4. The molecule has 148 valence electrons. The molecular weight excluding hydrogens is 396 g/mol. The van der Waals surface area contributed by atoms with Crippen molar-refractivity contribution in [3.8, 4) is 0 Å². The van der Waals surface area contributed by atoms with Crippen molar-refractivity contribution in [1.29, 1.82) is 0 Å². The molecule has 1 fully saturated rings. The Hall–Kier alpha value is -1.96. The number of piperidine rings is 1. The van der Waals surface area contributed by atoms with Crippen LogP contribution in [0.3, 0.4) is 0 Å². The molecule has 1 saturated heterocycles. The quantitative estimate of drug-likeness (QED) is 0.646. The fraction of sp³-hybridized carbons (Fsp3) is 0.400. The summed E-state index contributed by atoms with van der Waals surface area (Å²) in [6, 6.07) is 8.72. The van der Waals surface area contributed by atoms with Gasteiger partial charge in [0, 0.05) is 30.9 Å². The van der Waals surface area contributed by atoms with Crippen LogP contribution in [0.1, 0.15) is 24.2 Å². The molecule has 0 N–H and O–H groups in total. The van der Waals surface area contributed by atoms with Crippen LogP contribution in [0.15, 0.2) is 41.4 Å². The summed E-state index contributed by atoms with van der Waals surface area (Å²) in [6.45, 7) is 5.54. The van der Waals surface area contributed by atoms with Crippen molar-refractivity contribution in [3.63, 3.8) is 0 Å². The van der Waals surface area contributed by atoms with Crippen LogP contribution in [0.4, 0.5) is 0 Å². The van der Waals surface area contributed by atoms with Crippen LogP contribution in [0.2, 0.25) is 5.02 Å². The predicted molar refractivity (Wildman–Crippen MR) is 110 cm³/mol. The molecule has 8 heteroatoms. The van der Waals surface area contributed by atoms with Crippen molar-refractivity contribution < 1.29 is 8.42 Å². The summed E-state index contributed by atoms with van der Waals surface area (Å²) in [5.74, 6) is 1.12. The van der Waals surface area contributed by atoms with Gasteiger partial charge in [0.05, 0.1) is 4.90 Å². The number of aromatic nitrogens is 3. The van der Waals surface area contributed by atoms with E-state index in [1.54, 1.807) is 28.7 Å². The Morgan fingerprint density at radius 1 is 1.25 bits per heavy atom. The molecule has 2 aromatic heterocycles. The first-order chi connectivity index (χ1) is 13.4. The van der Waals surface area contributed by atoms with Gasteiger partial charge in [-0.1, -0.05) is 11.6 Å². The Balaban J connectivity index is 1.57. The molecular formula is C20H23ClN4O2S. The summed E-state index contributed by atoms with van der Waals surface area (Å²) in [7, 11) is -3.53. The molecule has 0 spiro atoms. The van der Waals surface area contributed by atoms with Crippen molar-refractivity contribution in [2.75, 3.05) is 13.1 Å². The maximum absolute atomic E-state index is 13.1. The molecule has 1 aliphatic heterocycles. The summed E-state index contributed by atoms with van der Waals surface area (Å²) in [6.07, 6.45) is 3.59. The largest absolute Gasteiger partial charge is 0.313 e. The lowest BCUT2D eigenvalue weighted by molar-refractivity contribution is 0.245. The minimum Gasteiger partial charge on any atom is -0.313 e. The number of sulfonamides is 1. The van der Waals surface area contributed by atoms with Gasteiger partial charge in [0.2, 0.25) is 10.0 Å². The summed E-state index contributed by atoms with van der Waals surface area (Å²) < 4.78 is 30.0. The number of imidazole rings is 1. The molecule has 3 heterocycles. The summed E-state index contributed by atoms with van der Waals surface area (Å²) in [5.41, 5.74) is 2.49. The Labute approximate surface area is 170 Å². The highest BCUT2D eigenvalue weighted by molar-refractivity contribution is 7.89. The Bertz CT molecular complexity index is 1130. The molecule has 0 saturated carbocycles. The standard InChI is InChI=1S/C20H23ClN4O2S/c1-14-11-17(7-8-18(14)21)28(26,27)24-10-4-5-16(12-24)13-25-15(2)23-19-6-3-9-22-20(19)25/h3,6-9,11,16H,4-5,10,12-13H2,1-2H3. The summed E-state index contributed by atoms with van der Waals surface area (Å²) >= 11 is 6.06. The SMILES string of the molecule is Cc1cc(S(=O)(=O)N2CCCC(Cn3c(C)nc4cccnc43)C2)ccc1Cl. The molecule has 1 aliphatic rings. The first-order valence-electron chi connectivity index (χ1n) is 9.40. The van der Waals surface area contributed by atoms with E-state index in [4.69, 9.17) is 11.6 Å². The van der Waals surface area contributed by atoms with Crippen molar-refractivity contribution >= 4 is 32.8 Å². The van der Waals surface area contributed by atoms with Gasteiger partial charge in [-0.25, -0.2) is 18.4 Å². The Kier molecular flexibility index (Phi) is 5.16. The van der Waals surface area contributed by atoms with E-state index in [1.165, 1.54) is 0 Å². The highest BCUT2D eigenvalue weighted by Crippen LogP contribution is 2.28. The van der Waals surface area contributed by atoms with Crippen molar-refractivity contribution in [1.82, 2.24) is 18.8 Å². The maximum atomic E-state index is 13.1. The molecule has 0 aliphatic carbocycles. The van der Waals surface area contributed by atoms with E-state index in [0.717, 1.165) is 35.4 Å². The van der Waals surface area contributed by atoms with E-state index >= 15 is 0 Å². The lowest BCUT2D eigenvalue weighted by Crippen LogP contribution is -2.41. The highest BCUT2D eigenvalue weighted by Gasteiger charge is 2.31. The highest BCUT2D eigenvalue weighted by atomic mass is 35.5. The van der Waals surface area contributed by atoms with Gasteiger partial charge in [-0.2, -0.15) is 4.31 Å². The minimum absolute atomic E-state index is 0.218. The van der Waals surface area contributed by atoms with Gasteiger partial charge in [-0.15, -0.1) is 0 Å². The number of nitrogens with zero attached hydrogens (tertiary/aromatic N) is 4. The second-order valence-corrected chi connectivity index (χ2v) is 9.74. The molecule has 28 heavy (non-hydrogen) atoms. The van der Waals surface area contributed by atoms with Gasteiger partial charge in [0.25, 0.3) is 0 Å². The predicted octanol–water partition coefficient (Wildman–Crippen LogP) is 3.80. The number of hydrogen-bond donors (Lipinski definition) is 0. The van der Waals surface area contributed by atoms with E-state index in [0.29, 0.717) is 29.6 Å². The van der Waals surface area contributed by atoms with Crippen LogP contribution in [0.25, 0.3) is 11.2 Å². The molecule has 1 unspecified atom stereocenters. The third-order valence-electron chi connectivity index (χ3n) is 5.38. The summed E-state index contributed by atoms with van der Waals surface area (Å²) in [4.78, 5) is 9.33. The van der Waals surface area contributed by atoms with Gasteiger partial charge in [-0.05, 0) is 68.5 Å². The van der Waals surface area contributed by atoms with E-state index in [-0.39, 0.29) is 5.92 Å². The van der Waals surface area contributed by atoms with Crippen molar-refractivity contribution in [2.24, 2.45) is 5.92 Å². The van der Waals surface area contributed by atoms with Gasteiger partial charge in [0.15, 0.2) is 5.65 Å². The Morgan fingerprint density at radius 2 is 2.07 bits per heavy atom. The van der Waals surface area contributed by atoms with E-state index in [1.807, 2.05) is 26.0 Å². The molecule has 1 atom stereocenters. The average molecular weight is 419 g/mol. The number of pyridine rings is 1. The van der Waals surface area contributed by atoms with Crippen molar-refractivity contribution in [3.05, 3.63) is 52.9 Å². The molecule has 4 rings (SSSR count). The van der Waals surface area contributed by atoms with Crippen LogP contribution in [-0.4, -0.2) is 40.3 Å². The van der Waals surface area contributed by atoms with Crippen LogP contribution in [-0.2, 0) is 16.6 Å². The lowest BCUT2D eigenvalue weighted by atomic mass is 9.99. The second kappa shape index (κ2) is 7.46. The van der Waals surface area contributed by atoms with Gasteiger partial charge in [0.1, 0.15) is 11.3 Å². The first-order valence-corrected chi connectivity index (χ1v) is 11.2. The fourth-order valence-corrected chi connectivity index (χ4v) is 5.63. The molecule has 0 radical (unpaired) electrons. The Morgan fingerprint density at radius 3 is 2.86 bits per heavy atom. The van der Waals surface area contributed by atoms with Crippen LogP contribution in [0, 0.1) is 19.8 Å². The summed E-state index contributed by atoms with van der Waals surface area (Å²) in [5, 5.41) is 0.574. The van der Waals surface area contributed by atoms with Crippen LogP contribution >= 0.6 is 11.6 Å². The lowest BCUT2D eigenvalue weighted by Gasteiger charge is -2.32. The fourth-order valence-electron chi connectivity index (χ4n) is 3.87. The number of halogens is 1. The van der Waals surface area contributed by atoms with Gasteiger partial charge < -0.3 is 4.57 Å². The third-order valence-corrected chi connectivity index (χ3v) is 7.67. The zero-order chi connectivity index (χ0) is 19.9. The molecule has 1 aromatic carbocycles. The zero-order valence-corrected chi connectivity index (χ0v) is 17.5. The van der Waals surface area contributed by atoms with E-state index < -0.39 is 10.0 Å². The maximum Gasteiger partial charge on any atom is 0.243 e. The van der Waals surface area contributed by atoms with Crippen LogP contribution < -0.4 is 0 Å². The average Bonchev–Trinajstić information content (AvgIpc) is 2.99. The third kappa shape index (κ3) is 3.54. The van der Waals surface area contributed by atoms with Gasteiger partial charge in [-0.3, -0.25) is 0 Å². The minimum atomic E-state index is -3.53. The number of hydrogen-bond acceptors (Lipinski definition) is 4. The van der Waals surface area contributed by atoms with Crippen LogP contribution in [0.5, 0.6) is 0 Å². The van der Waals surface area contributed by atoms with Crippen molar-refractivity contribution in [2.45, 2.75) is 38.1 Å².